The van der Waals surface area contributed by atoms with Crippen LogP contribution < -0.4 is 16.0 Å². The Morgan fingerprint density at radius 1 is 0.441 bits per heavy atom. The largest absolute Gasteiger partial charge is 0.477 e. The smallest absolute Gasteiger partial charge is 0.364 e. The molecule has 36 atom stereocenters. The Balaban J connectivity index is 1.15. The fourth-order valence-electron chi connectivity index (χ4n) is 11.8. The molecule has 7 aliphatic heterocycles. The van der Waals surface area contributed by atoms with E-state index in [4.69, 9.17) is 61.6 Å². The number of aliphatic hydroxyl groups excluding tert-OH is 21. The molecule has 0 aromatic carbocycles. The van der Waals surface area contributed by atoms with Crippen LogP contribution >= 0.6 is 0 Å². The number of aliphatic hydroxyl groups is 21. The minimum absolute atomic E-state index is 0.807. The molecular formula is C51H85N3O39. The third kappa shape index (κ3) is 16.8. The SMILES string of the molecule is CC(=O)N[C@H]1[C@H](OC[C@H]2O[C@@H](O[C@H]3[C@H](O)[C@@H](O)[C@H](O)O[C@@H]3CO)[C@H](O)[C@@H](O[C@H]3O[C@H](CO)[C@H](O)[C@H](O[C@@H]4O[C@H](CO)[C@H](O)[C@H](O)[C@H]4NC(C)=O)[C@H]3O)[C@H]2O)O[C@H](CO)[C@@H](O[C@@H]2O[C@H](CO)[C@H](O)[C@H](O[C@]3(C(=O)O)C[C@H](O)[C@@H](NC(C)=O)[C@H]([C@H](O)[C@H](O)CO)O3)[C@H]2O)[C@@H]1O. The predicted octanol–water partition coefficient (Wildman–Crippen LogP) is -16.6. The maximum absolute atomic E-state index is 13.1. The maximum Gasteiger partial charge on any atom is 0.364 e. The summed E-state index contributed by atoms with van der Waals surface area (Å²) in [5.41, 5.74) is 0. The van der Waals surface area contributed by atoms with Gasteiger partial charge in [-0.25, -0.2) is 4.79 Å². The maximum atomic E-state index is 13.1. The van der Waals surface area contributed by atoms with Crippen LogP contribution in [0.15, 0.2) is 0 Å². The van der Waals surface area contributed by atoms with Crippen LogP contribution in [0.25, 0.3) is 0 Å². The van der Waals surface area contributed by atoms with Crippen LogP contribution in [0.5, 0.6) is 0 Å². The Morgan fingerprint density at radius 3 is 1.33 bits per heavy atom. The van der Waals surface area contributed by atoms with E-state index in [1.54, 1.807) is 0 Å². The highest BCUT2D eigenvalue weighted by molar-refractivity contribution is 5.77. The third-order valence-electron chi connectivity index (χ3n) is 16.7. The zero-order valence-electron chi connectivity index (χ0n) is 49.6. The lowest BCUT2D eigenvalue weighted by atomic mass is 9.88. The van der Waals surface area contributed by atoms with Crippen molar-refractivity contribution in [3.8, 4) is 0 Å². The molecule has 7 fully saturated rings. The summed E-state index contributed by atoms with van der Waals surface area (Å²) in [6.07, 6.45) is -67.8. The molecule has 93 heavy (non-hydrogen) atoms. The molecule has 25 N–H and O–H groups in total. The Morgan fingerprint density at radius 2 is 0.839 bits per heavy atom. The zero-order valence-corrected chi connectivity index (χ0v) is 49.6. The number of carboxylic acids is 1. The van der Waals surface area contributed by atoms with Crippen LogP contribution in [0.2, 0.25) is 0 Å². The normalized spacial score (nSPS) is 47.2. The lowest BCUT2D eigenvalue weighted by Crippen LogP contribution is -2.71. The lowest BCUT2D eigenvalue weighted by molar-refractivity contribution is -0.391. The molecule has 3 amide bonds. The van der Waals surface area contributed by atoms with Crippen molar-refractivity contribution in [2.45, 2.75) is 248 Å². The molecule has 0 aromatic heterocycles. The lowest BCUT2D eigenvalue weighted by Gasteiger charge is -2.51. The first-order chi connectivity index (χ1) is 43.8. The average Bonchev–Trinajstić information content (AvgIpc) is 0.763. The van der Waals surface area contributed by atoms with E-state index in [1.165, 1.54) is 0 Å². The van der Waals surface area contributed by atoms with Gasteiger partial charge >= 0.3 is 5.97 Å². The van der Waals surface area contributed by atoms with Gasteiger partial charge in [-0.1, -0.05) is 0 Å². The molecule has 42 nitrogen and oxygen atoms in total. The molecule has 0 unspecified atom stereocenters. The van der Waals surface area contributed by atoms with Crippen LogP contribution in [0.3, 0.4) is 0 Å². The molecule has 7 rings (SSSR count). The van der Waals surface area contributed by atoms with Crippen LogP contribution in [0.4, 0.5) is 0 Å². The molecule has 0 radical (unpaired) electrons. The van der Waals surface area contributed by atoms with E-state index in [1.807, 2.05) is 0 Å². The molecule has 0 aliphatic carbocycles. The van der Waals surface area contributed by atoms with Crippen molar-refractivity contribution < 1.29 is 193 Å². The predicted molar refractivity (Wildman–Crippen MR) is 284 cm³/mol. The van der Waals surface area contributed by atoms with Gasteiger partial charge in [-0.15, -0.1) is 0 Å². The molecule has 7 heterocycles. The number of aliphatic carboxylic acids is 1. The number of rotatable bonds is 25. The summed E-state index contributed by atoms with van der Waals surface area (Å²) in [5, 5.41) is 246. The van der Waals surface area contributed by atoms with E-state index >= 15 is 0 Å². The Bertz CT molecular complexity index is 2420. The molecule has 7 aliphatic rings. The number of carbonyl (C=O) groups is 4. The minimum atomic E-state index is -3.23. The molecule has 0 bridgehead atoms. The van der Waals surface area contributed by atoms with Gasteiger partial charge in [0.2, 0.25) is 17.7 Å². The van der Waals surface area contributed by atoms with Gasteiger partial charge < -0.3 is 190 Å². The monoisotopic (exact) mass is 1360 g/mol. The second kappa shape index (κ2) is 32.9. The summed E-state index contributed by atoms with van der Waals surface area (Å²) in [5.74, 6) is -7.93. The van der Waals surface area contributed by atoms with Crippen molar-refractivity contribution in [2.24, 2.45) is 0 Å². The zero-order chi connectivity index (χ0) is 69.0. The van der Waals surface area contributed by atoms with E-state index in [2.05, 4.69) is 16.0 Å². The van der Waals surface area contributed by atoms with Gasteiger partial charge in [-0.3, -0.25) is 14.4 Å². The summed E-state index contributed by atoms with van der Waals surface area (Å²) >= 11 is 0. The van der Waals surface area contributed by atoms with Gasteiger partial charge in [0, 0.05) is 27.2 Å². The average molecular weight is 1360 g/mol. The molecule has 538 valence electrons. The Kier molecular flexibility index (Phi) is 27.2. The number of hydrogen-bond donors (Lipinski definition) is 25. The van der Waals surface area contributed by atoms with E-state index in [0.717, 1.165) is 20.8 Å². The summed E-state index contributed by atoms with van der Waals surface area (Å²) in [7, 11) is 0. The van der Waals surface area contributed by atoms with Crippen LogP contribution in [0, 0.1) is 0 Å². The number of carbonyl (C=O) groups excluding carboxylic acids is 3. The number of ether oxygens (including phenoxy) is 13. The Hall–Kier alpha value is -3.48. The highest BCUT2D eigenvalue weighted by atomic mass is 16.8. The summed E-state index contributed by atoms with van der Waals surface area (Å²) in [4.78, 5) is 50.2. The van der Waals surface area contributed by atoms with Gasteiger partial charge in [0.1, 0.15) is 165 Å². The summed E-state index contributed by atoms with van der Waals surface area (Å²) in [6.45, 7) is -4.68. The topological polar surface area (TPSA) is 669 Å². The van der Waals surface area contributed by atoms with Crippen molar-refractivity contribution in [1.29, 1.82) is 0 Å². The molecule has 7 saturated heterocycles. The van der Waals surface area contributed by atoms with E-state index in [0.29, 0.717) is 0 Å². The third-order valence-corrected chi connectivity index (χ3v) is 16.7. The first-order valence-electron chi connectivity index (χ1n) is 29.2. The minimum Gasteiger partial charge on any atom is -0.477 e. The van der Waals surface area contributed by atoms with Crippen molar-refractivity contribution in [1.82, 2.24) is 16.0 Å². The quantitative estimate of drug-likeness (QED) is 0.0404. The molecule has 42 heteroatoms. The van der Waals surface area contributed by atoms with E-state index in [9.17, 15) is 132 Å². The second-order valence-corrected chi connectivity index (χ2v) is 23.2. The van der Waals surface area contributed by atoms with Crippen LogP contribution in [-0.4, -0.2) is 403 Å². The Labute approximate surface area is 525 Å². The molecule has 0 saturated carbocycles. The first-order valence-corrected chi connectivity index (χ1v) is 29.2. The number of hydrogen-bond acceptors (Lipinski definition) is 38. The molecule has 0 spiro atoms. The number of nitrogens with one attached hydrogen (secondary N) is 3. The fraction of sp³-hybridized carbons (Fsp3) is 0.922. The highest BCUT2D eigenvalue weighted by Crippen LogP contribution is 2.40. The second-order valence-electron chi connectivity index (χ2n) is 23.2. The fourth-order valence-corrected chi connectivity index (χ4v) is 11.8. The van der Waals surface area contributed by atoms with E-state index < -0.39 is 297 Å². The van der Waals surface area contributed by atoms with Crippen molar-refractivity contribution in [3.05, 3.63) is 0 Å². The number of amides is 3. The van der Waals surface area contributed by atoms with Crippen LogP contribution in [0.1, 0.15) is 27.2 Å². The van der Waals surface area contributed by atoms with E-state index in [-0.39, 0.29) is 0 Å². The van der Waals surface area contributed by atoms with Gasteiger partial charge in [0.25, 0.3) is 5.79 Å². The van der Waals surface area contributed by atoms with Crippen molar-refractivity contribution >= 4 is 23.7 Å². The van der Waals surface area contributed by atoms with Gasteiger partial charge in [0.15, 0.2) is 37.7 Å². The molecular weight excluding hydrogens is 1280 g/mol. The summed E-state index contributed by atoms with van der Waals surface area (Å²) in [6, 6.07) is -5.25. The van der Waals surface area contributed by atoms with Crippen molar-refractivity contribution in [2.75, 3.05) is 46.2 Å². The molecule has 0 aromatic rings. The van der Waals surface area contributed by atoms with Gasteiger partial charge in [-0.2, -0.15) is 0 Å². The summed E-state index contributed by atoms with van der Waals surface area (Å²) < 4.78 is 74.7. The highest BCUT2D eigenvalue weighted by Gasteiger charge is 2.62. The van der Waals surface area contributed by atoms with Gasteiger partial charge in [0.05, 0.1) is 58.4 Å². The number of carboxylic acid groups (broad SMARTS) is 1. The standard InChI is InChI=1S/C51H85N3O39/c1-12(61)52-23-15(64)4-51(50(79)80,92-40(23)26(66)16(65)5-55)93-43-29(69)19(8-58)85-49(37(43)77)88-38-21(10-60)86-45(25(32(38)72)54-14(3)63)81-11-22-30(70)42(36(76)48(87-22)89-39-20(9-59)82-44(78)34(74)33(39)73)91-47-35(75)41(28(68)18(7-57)84-47)90-46-24(53-13(2)62)31(71)27(67)17(6-56)83-46/h15-49,55-60,64-78H,4-11H2,1-3H3,(H,52,61)(H,53,62)(H,54,63)(H,79,80)/t15-,16+,17+,18+,19+,20+,21+,22+,23+,24+,25+,26+,27-,28-,29-,30-,31+,32+,33+,34+,35+,36+,37+,38+,39+,40+,41-,42-,43-,44+,45+,46-,47+,48-,49-,51-/m0/s1. The van der Waals surface area contributed by atoms with Crippen molar-refractivity contribution in [3.63, 3.8) is 0 Å². The first kappa shape index (κ1) is 76.9. The van der Waals surface area contributed by atoms with Crippen LogP contribution in [-0.2, 0) is 80.8 Å². The van der Waals surface area contributed by atoms with Gasteiger partial charge in [-0.05, 0) is 0 Å².